The van der Waals surface area contributed by atoms with Crippen LogP contribution in [0.3, 0.4) is 0 Å². The molecule has 0 unspecified atom stereocenters. The van der Waals surface area contributed by atoms with Gasteiger partial charge in [-0.2, -0.15) is 0 Å². The van der Waals surface area contributed by atoms with Gasteiger partial charge in [0.1, 0.15) is 0 Å². The van der Waals surface area contributed by atoms with Crippen LogP contribution < -0.4 is 5.73 Å². The van der Waals surface area contributed by atoms with E-state index in [1.807, 2.05) is 19.2 Å². The first-order valence-electron chi connectivity index (χ1n) is 8.82. The molecule has 2 aromatic carbocycles. The van der Waals surface area contributed by atoms with Crippen molar-refractivity contribution in [2.45, 2.75) is 19.3 Å². The van der Waals surface area contributed by atoms with E-state index in [4.69, 9.17) is 5.73 Å². The Morgan fingerprint density at radius 2 is 1.96 bits per heavy atom. The Kier molecular flexibility index (Phi) is 5.22. The molecular weight excluding hydrogens is 314 g/mol. The third-order valence-electron chi connectivity index (χ3n) is 5.06. The van der Waals surface area contributed by atoms with Crippen molar-refractivity contribution in [2.75, 3.05) is 26.7 Å². The number of piperidine rings is 1. The minimum absolute atomic E-state index is 0.103. The number of carbonyl (C=O) groups excluding carboxylic acids is 2. The standard InChI is InChI=1S/C20H25N3O2/c1-22(19(24)17-9-5-12-23(14-17)20(21)25)13-11-16-8-4-7-15-6-2-3-10-18(15)16/h2-4,6-8,10,17H,5,9,11-14H2,1H3,(H2,21,25)/t17-/m0/s1. The quantitative estimate of drug-likeness (QED) is 0.930. The fourth-order valence-electron chi connectivity index (χ4n) is 3.60. The number of hydrogen-bond donors (Lipinski definition) is 1. The number of nitrogens with two attached hydrogens (primary N) is 1. The number of nitrogens with zero attached hydrogens (tertiary/aromatic N) is 2. The molecule has 0 saturated carbocycles. The summed E-state index contributed by atoms with van der Waals surface area (Å²) >= 11 is 0. The van der Waals surface area contributed by atoms with Gasteiger partial charge in [0.2, 0.25) is 5.91 Å². The Morgan fingerprint density at radius 3 is 2.76 bits per heavy atom. The SMILES string of the molecule is CN(CCc1cccc2ccccc12)C(=O)[C@H]1CCCN(C(N)=O)C1. The van der Waals surface area contributed by atoms with Gasteiger partial charge in [0, 0.05) is 26.7 Å². The normalized spacial score (nSPS) is 17.5. The highest BCUT2D eigenvalue weighted by atomic mass is 16.2. The number of likely N-dealkylation sites (tertiary alicyclic amines) is 1. The summed E-state index contributed by atoms with van der Waals surface area (Å²) in [5, 5.41) is 2.46. The second-order valence-electron chi connectivity index (χ2n) is 6.77. The number of amides is 3. The van der Waals surface area contributed by atoms with Gasteiger partial charge >= 0.3 is 6.03 Å². The predicted molar refractivity (Wildman–Crippen MR) is 99.2 cm³/mol. The molecule has 0 aromatic heterocycles. The van der Waals surface area contributed by atoms with Crippen LogP contribution in [0.15, 0.2) is 42.5 Å². The number of likely N-dealkylation sites (N-methyl/N-ethyl adjacent to an activating group) is 1. The summed E-state index contributed by atoms with van der Waals surface area (Å²) < 4.78 is 0. The molecule has 0 radical (unpaired) electrons. The summed E-state index contributed by atoms with van der Waals surface area (Å²) in [6.07, 6.45) is 2.47. The smallest absolute Gasteiger partial charge is 0.314 e. The van der Waals surface area contributed by atoms with Crippen LogP contribution in [0.4, 0.5) is 4.79 Å². The summed E-state index contributed by atoms with van der Waals surface area (Å²) in [4.78, 5) is 27.4. The predicted octanol–water partition coefficient (Wildman–Crippen LogP) is 2.63. The lowest BCUT2D eigenvalue weighted by atomic mass is 9.96. The van der Waals surface area contributed by atoms with Crippen LogP contribution in [0.5, 0.6) is 0 Å². The molecule has 132 valence electrons. The van der Waals surface area contributed by atoms with E-state index in [0.29, 0.717) is 19.6 Å². The number of fused-ring (bicyclic) bond motifs is 1. The van der Waals surface area contributed by atoms with E-state index in [1.165, 1.54) is 16.3 Å². The number of primary amides is 1. The fraction of sp³-hybridized carbons (Fsp3) is 0.400. The first kappa shape index (κ1) is 17.3. The minimum atomic E-state index is -0.434. The molecule has 2 aromatic rings. The van der Waals surface area contributed by atoms with Crippen LogP contribution in [0.2, 0.25) is 0 Å². The van der Waals surface area contributed by atoms with E-state index in [1.54, 1.807) is 9.80 Å². The van der Waals surface area contributed by atoms with E-state index in [2.05, 4.69) is 30.3 Å². The topological polar surface area (TPSA) is 66.6 Å². The monoisotopic (exact) mass is 339 g/mol. The third kappa shape index (κ3) is 3.92. The Morgan fingerprint density at radius 1 is 1.20 bits per heavy atom. The maximum atomic E-state index is 12.7. The number of rotatable bonds is 4. The summed E-state index contributed by atoms with van der Waals surface area (Å²) in [5.74, 6) is -0.0371. The molecule has 0 spiro atoms. The Hall–Kier alpha value is -2.56. The van der Waals surface area contributed by atoms with Crippen molar-refractivity contribution in [2.24, 2.45) is 11.7 Å². The zero-order valence-electron chi connectivity index (χ0n) is 14.6. The zero-order chi connectivity index (χ0) is 17.8. The van der Waals surface area contributed by atoms with Crippen molar-refractivity contribution >= 4 is 22.7 Å². The summed E-state index contributed by atoms with van der Waals surface area (Å²) in [6, 6.07) is 14.2. The molecule has 1 aliphatic heterocycles. The van der Waals surface area contributed by atoms with Crippen LogP contribution in [0, 0.1) is 5.92 Å². The molecule has 5 nitrogen and oxygen atoms in total. The highest BCUT2D eigenvalue weighted by Crippen LogP contribution is 2.21. The first-order valence-corrected chi connectivity index (χ1v) is 8.82. The van der Waals surface area contributed by atoms with E-state index in [9.17, 15) is 9.59 Å². The van der Waals surface area contributed by atoms with Gasteiger partial charge in [-0.1, -0.05) is 42.5 Å². The molecule has 3 amide bonds. The van der Waals surface area contributed by atoms with Crippen molar-refractivity contribution in [3.05, 3.63) is 48.0 Å². The Labute approximate surface area is 148 Å². The molecular formula is C20H25N3O2. The Bertz CT molecular complexity index is 769. The van der Waals surface area contributed by atoms with Gasteiger partial charge in [-0.15, -0.1) is 0 Å². The molecule has 1 heterocycles. The van der Waals surface area contributed by atoms with Gasteiger partial charge in [-0.3, -0.25) is 4.79 Å². The summed E-state index contributed by atoms with van der Waals surface area (Å²) in [6.45, 7) is 1.76. The number of carbonyl (C=O) groups is 2. The van der Waals surface area contributed by atoms with Crippen molar-refractivity contribution in [1.29, 1.82) is 0 Å². The maximum Gasteiger partial charge on any atom is 0.314 e. The molecule has 5 heteroatoms. The average molecular weight is 339 g/mol. The lowest BCUT2D eigenvalue weighted by Crippen LogP contribution is -2.47. The van der Waals surface area contributed by atoms with E-state index in [0.717, 1.165) is 19.3 Å². The van der Waals surface area contributed by atoms with Gasteiger partial charge in [0.25, 0.3) is 0 Å². The van der Waals surface area contributed by atoms with Crippen molar-refractivity contribution in [1.82, 2.24) is 9.80 Å². The summed E-state index contributed by atoms with van der Waals surface area (Å²) in [5.41, 5.74) is 6.61. The molecule has 2 N–H and O–H groups in total. The molecule has 1 atom stereocenters. The molecule has 25 heavy (non-hydrogen) atoms. The maximum absolute atomic E-state index is 12.7. The number of urea groups is 1. The largest absolute Gasteiger partial charge is 0.351 e. The molecule has 0 aliphatic carbocycles. The Balaban J connectivity index is 1.62. The van der Waals surface area contributed by atoms with E-state index in [-0.39, 0.29) is 11.8 Å². The third-order valence-corrected chi connectivity index (χ3v) is 5.06. The highest BCUT2D eigenvalue weighted by Gasteiger charge is 2.29. The van der Waals surface area contributed by atoms with Crippen LogP contribution in [0.25, 0.3) is 10.8 Å². The van der Waals surface area contributed by atoms with Crippen LogP contribution in [0.1, 0.15) is 18.4 Å². The van der Waals surface area contributed by atoms with E-state index >= 15 is 0 Å². The lowest BCUT2D eigenvalue weighted by Gasteiger charge is -2.33. The fourth-order valence-corrected chi connectivity index (χ4v) is 3.60. The number of hydrogen-bond acceptors (Lipinski definition) is 2. The minimum Gasteiger partial charge on any atom is -0.351 e. The van der Waals surface area contributed by atoms with Crippen LogP contribution >= 0.6 is 0 Å². The molecule has 0 bridgehead atoms. The molecule has 1 saturated heterocycles. The van der Waals surface area contributed by atoms with Crippen LogP contribution in [-0.4, -0.2) is 48.4 Å². The van der Waals surface area contributed by atoms with E-state index < -0.39 is 6.03 Å². The average Bonchev–Trinajstić information content (AvgIpc) is 2.65. The number of benzene rings is 2. The lowest BCUT2D eigenvalue weighted by molar-refractivity contribution is -0.135. The zero-order valence-corrected chi connectivity index (χ0v) is 14.6. The molecule has 1 fully saturated rings. The van der Waals surface area contributed by atoms with Crippen molar-refractivity contribution < 1.29 is 9.59 Å². The second kappa shape index (κ2) is 7.55. The second-order valence-corrected chi connectivity index (χ2v) is 6.77. The van der Waals surface area contributed by atoms with Gasteiger partial charge in [0.15, 0.2) is 0 Å². The van der Waals surface area contributed by atoms with Crippen molar-refractivity contribution in [3.8, 4) is 0 Å². The molecule has 3 rings (SSSR count). The van der Waals surface area contributed by atoms with Gasteiger partial charge < -0.3 is 15.5 Å². The highest BCUT2D eigenvalue weighted by molar-refractivity contribution is 5.86. The molecule has 1 aliphatic rings. The first-order chi connectivity index (χ1) is 12.1. The van der Waals surface area contributed by atoms with Gasteiger partial charge in [0.05, 0.1) is 5.92 Å². The van der Waals surface area contributed by atoms with Crippen LogP contribution in [-0.2, 0) is 11.2 Å². The van der Waals surface area contributed by atoms with Crippen molar-refractivity contribution in [3.63, 3.8) is 0 Å². The summed E-state index contributed by atoms with van der Waals surface area (Å²) in [7, 11) is 1.84. The van der Waals surface area contributed by atoms with Gasteiger partial charge in [-0.25, -0.2) is 4.79 Å². The van der Waals surface area contributed by atoms with Gasteiger partial charge in [-0.05, 0) is 35.6 Å².